The second-order valence-corrected chi connectivity index (χ2v) is 6.93. The molecule has 0 aromatic heterocycles. The first-order valence-electron chi connectivity index (χ1n) is 6.43. The zero-order valence-corrected chi connectivity index (χ0v) is 12.4. The lowest BCUT2D eigenvalue weighted by atomic mass is 10.1. The molecular formula is C14H21O4P. The molecule has 0 spiro atoms. The van der Waals surface area contributed by atoms with E-state index in [1.54, 1.807) is 6.92 Å². The maximum atomic E-state index is 12.4. The Bertz CT molecular complexity index is 430. The lowest BCUT2D eigenvalue weighted by Gasteiger charge is -2.16. The van der Waals surface area contributed by atoms with E-state index in [0.717, 1.165) is 12.8 Å². The number of hydrogen-bond acceptors (Lipinski definition) is 4. The van der Waals surface area contributed by atoms with Crippen LogP contribution in [0.2, 0.25) is 0 Å². The Morgan fingerprint density at radius 2 is 1.95 bits per heavy atom. The van der Waals surface area contributed by atoms with E-state index >= 15 is 0 Å². The fraction of sp³-hybridized carbons (Fsp3) is 0.500. The zero-order valence-electron chi connectivity index (χ0n) is 11.5. The van der Waals surface area contributed by atoms with Gasteiger partial charge in [0.15, 0.2) is 0 Å². The Morgan fingerprint density at radius 1 is 1.26 bits per heavy atom. The van der Waals surface area contributed by atoms with Crippen molar-refractivity contribution in [2.24, 2.45) is 0 Å². The molecule has 1 aromatic rings. The van der Waals surface area contributed by atoms with Crippen molar-refractivity contribution >= 4 is 13.3 Å². The van der Waals surface area contributed by atoms with Gasteiger partial charge >= 0.3 is 5.97 Å². The summed E-state index contributed by atoms with van der Waals surface area (Å²) in [5, 5.41) is 0. The van der Waals surface area contributed by atoms with Crippen LogP contribution >= 0.6 is 7.37 Å². The van der Waals surface area contributed by atoms with Gasteiger partial charge in [0.25, 0.3) is 0 Å². The highest BCUT2D eigenvalue weighted by Gasteiger charge is 2.26. The van der Waals surface area contributed by atoms with E-state index in [1.165, 1.54) is 12.7 Å². The van der Waals surface area contributed by atoms with Crippen LogP contribution in [-0.2, 0) is 25.0 Å². The Kier molecular flexibility index (Phi) is 6.82. The minimum Gasteiger partial charge on any atom is -0.469 e. The predicted octanol–water partition coefficient (Wildman–Crippen LogP) is 3.11. The van der Waals surface area contributed by atoms with Gasteiger partial charge in [-0.05, 0) is 25.3 Å². The number of methoxy groups -OCH3 is 1. The third-order valence-corrected chi connectivity index (χ3v) is 5.24. The molecule has 0 saturated carbocycles. The van der Waals surface area contributed by atoms with Crippen LogP contribution in [-0.4, -0.2) is 32.0 Å². The van der Waals surface area contributed by atoms with E-state index in [4.69, 9.17) is 4.52 Å². The molecule has 5 heteroatoms. The monoisotopic (exact) mass is 284 g/mol. The first-order valence-corrected chi connectivity index (χ1v) is 8.42. The molecule has 0 heterocycles. The molecule has 106 valence electrons. The number of carbonyl (C=O) groups is 1. The number of hydrogen-bond donors (Lipinski definition) is 0. The molecule has 0 radical (unpaired) electrons. The molecule has 0 aliphatic rings. The van der Waals surface area contributed by atoms with Crippen molar-refractivity contribution in [1.82, 2.24) is 0 Å². The van der Waals surface area contributed by atoms with Crippen LogP contribution in [0.4, 0.5) is 0 Å². The fourth-order valence-corrected chi connectivity index (χ4v) is 3.87. The van der Waals surface area contributed by atoms with Gasteiger partial charge in [-0.1, -0.05) is 30.3 Å². The molecule has 0 aliphatic carbocycles. The molecule has 1 unspecified atom stereocenters. The van der Waals surface area contributed by atoms with Crippen molar-refractivity contribution < 1.29 is 18.6 Å². The maximum absolute atomic E-state index is 12.4. The molecule has 1 rings (SSSR count). The van der Waals surface area contributed by atoms with E-state index in [9.17, 15) is 9.36 Å². The van der Waals surface area contributed by atoms with E-state index in [0.29, 0.717) is 12.8 Å². The molecule has 0 bridgehead atoms. The van der Waals surface area contributed by atoms with Crippen molar-refractivity contribution in [3.8, 4) is 0 Å². The third-order valence-electron chi connectivity index (χ3n) is 2.77. The van der Waals surface area contributed by atoms with E-state index in [-0.39, 0.29) is 6.16 Å². The van der Waals surface area contributed by atoms with E-state index in [2.05, 4.69) is 4.74 Å². The van der Waals surface area contributed by atoms with E-state index in [1.807, 2.05) is 30.3 Å². The van der Waals surface area contributed by atoms with Crippen LogP contribution in [0, 0.1) is 0 Å². The highest BCUT2D eigenvalue weighted by atomic mass is 31.2. The first-order chi connectivity index (χ1) is 9.09. The van der Waals surface area contributed by atoms with Gasteiger partial charge in [0.05, 0.1) is 13.7 Å². The number of rotatable bonds is 8. The van der Waals surface area contributed by atoms with Gasteiger partial charge in [0, 0.05) is 6.16 Å². The molecule has 0 amide bonds. The summed E-state index contributed by atoms with van der Waals surface area (Å²) in [7, 11) is -1.61. The van der Waals surface area contributed by atoms with Crippen molar-refractivity contribution in [2.75, 3.05) is 26.0 Å². The van der Waals surface area contributed by atoms with Crippen molar-refractivity contribution in [2.45, 2.75) is 19.8 Å². The average Bonchev–Trinajstić information content (AvgIpc) is 2.40. The highest BCUT2D eigenvalue weighted by molar-refractivity contribution is 7.59. The van der Waals surface area contributed by atoms with Crippen LogP contribution in [0.5, 0.6) is 0 Å². The second kappa shape index (κ2) is 8.13. The van der Waals surface area contributed by atoms with Gasteiger partial charge in [-0.3, -0.25) is 9.36 Å². The third kappa shape index (κ3) is 6.04. The first kappa shape index (κ1) is 15.9. The minimum atomic E-state index is -2.90. The Balaban J connectivity index is 2.49. The van der Waals surface area contributed by atoms with E-state index < -0.39 is 13.3 Å². The predicted molar refractivity (Wildman–Crippen MR) is 75.7 cm³/mol. The fourth-order valence-electron chi connectivity index (χ4n) is 1.85. The summed E-state index contributed by atoms with van der Waals surface area (Å²) in [5.41, 5.74) is 1.20. The molecule has 4 nitrogen and oxygen atoms in total. The standard InChI is InChI=1S/C14H21O4P/c1-3-18-19(16,12-14(15)17-2)11-7-10-13-8-5-4-6-9-13/h4-6,8-9H,3,7,10-12H2,1-2H3. The molecule has 0 N–H and O–H groups in total. The van der Waals surface area contributed by atoms with Crippen LogP contribution in [0.25, 0.3) is 0 Å². The molecule has 1 aromatic carbocycles. The van der Waals surface area contributed by atoms with Crippen molar-refractivity contribution in [3.63, 3.8) is 0 Å². The molecule has 0 saturated heterocycles. The van der Waals surface area contributed by atoms with Gasteiger partial charge in [0.2, 0.25) is 7.37 Å². The van der Waals surface area contributed by atoms with Crippen LogP contribution in [0.15, 0.2) is 30.3 Å². The Labute approximate surface area is 114 Å². The summed E-state index contributed by atoms with van der Waals surface area (Å²) in [5.74, 6) is -0.475. The van der Waals surface area contributed by atoms with Gasteiger partial charge in [-0.15, -0.1) is 0 Å². The molecule has 0 aliphatic heterocycles. The minimum absolute atomic E-state index is 0.133. The van der Waals surface area contributed by atoms with Crippen LogP contribution in [0.1, 0.15) is 18.9 Å². The lowest BCUT2D eigenvalue weighted by Crippen LogP contribution is -2.11. The van der Waals surface area contributed by atoms with Gasteiger partial charge in [-0.2, -0.15) is 0 Å². The van der Waals surface area contributed by atoms with Crippen LogP contribution in [0.3, 0.4) is 0 Å². The topological polar surface area (TPSA) is 52.6 Å². The number of carbonyl (C=O) groups excluding carboxylic acids is 1. The van der Waals surface area contributed by atoms with Crippen molar-refractivity contribution in [1.29, 1.82) is 0 Å². The van der Waals surface area contributed by atoms with Crippen molar-refractivity contribution in [3.05, 3.63) is 35.9 Å². The number of aryl methyl sites for hydroxylation is 1. The SMILES string of the molecule is CCOP(=O)(CCCc1ccccc1)CC(=O)OC. The average molecular weight is 284 g/mol. The maximum Gasteiger partial charge on any atom is 0.315 e. The summed E-state index contributed by atoms with van der Waals surface area (Å²) in [6.07, 6.45) is 1.84. The number of esters is 1. The summed E-state index contributed by atoms with van der Waals surface area (Å²) in [6, 6.07) is 9.99. The molecule has 0 fully saturated rings. The largest absolute Gasteiger partial charge is 0.469 e. The second-order valence-electron chi connectivity index (χ2n) is 4.28. The molecule has 1 atom stereocenters. The highest BCUT2D eigenvalue weighted by Crippen LogP contribution is 2.47. The van der Waals surface area contributed by atoms with Gasteiger partial charge in [-0.25, -0.2) is 0 Å². The quantitative estimate of drug-likeness (QED) is 0.543. The Morgan fingerprint density at radius 3 is 2.53 bits per heavy atom. The summed E-state index contributed by atoms with van der Waals surface area (Å²) >= 11 is 0. The number of benzene rings is 1. The summed E-state index contributed by atoms with van der Waals surface area (Å²) in [6.45, 7) is 2.13. The van der Waals surface area contributed by atoms with Crippen LogP contribution < -0.4 is 0 Å². The lowest BCUT2D eigenvalue weighted by molar-refractivity contribution is -0.137. The van der Waals surface area contributed by atoms with Gasteiger partial charge in [0.1, 0.15) is 6.16 Å². The normalized spacial score (nSPS) is 13.8. The smallest absolute Gasteiger partial charge is 0.315 e. The molecular weight excluding hydrogens is 263 g/mol. The molecule has 19 heavy (non-hydrogen) atoms. The van der Waals surface area contributed by atoms with Gasteiger partial charge < -0.3 is 9.26 Å². The summed E-state index contributed by atoms with van der Waals surface area (Å²) in [4.78, 5) is 11.3. The Hall–Kier alpha value is -1.12. The number of ether oxygens (including phenoxy) is 1. The zero-order chi connectivity index (χ0) is 14.1. The summed E-state index contributed by atoms with van der Waals surface area (Å²) < 4.78 is 22.3.